The monoisotopic (exact) mass is 332 g/mol. The van der Waals surface area contributed by atoms with Crippen molar-refractivity contribution < 1.29 is 23.6 Å². The fourth-order valence-electron chi connectivity index (χ4n) is 1.91. The molecule has 0 fully saturated rings. The van der Waals surface area contributed by atoms with Crippen molar-refractivity contribution in [1.29, 1.82) is 0 Å². The lowest BCUT2D eigenvalue weighted by Gasteiger charge is -2.16. The maximum atomic E-state index is 14.2. The van der Waals surface area contributed by atoms with Crippen LogP contribution in [0.15, 0.2) is 54.6 Å². The van der Waals surface area contributed by atoms with Crippen LogP contribution in [-0.4, -0.2) is 31.2 Å². The molecule has 7 heteroatoms. The lowest BCUT2D eigenvalue weighted by atomic mass is 10.2. The second kappa shape index (κ2) is 8.07. The van der Waals surface area contributed by atoms with Crippen LogP contribution in [0, 0.1) is 0 Å². The summed E-state index contributed by atoms with van der Waals surface area (Å²) < 4.78 is 19.1. The van der Waals surface area contributed by atoms with Gasteiger partial charge in [-0.05, 0) is 23.8 Å². The van der Waals surface area contributed by atoms with Crippen molar-refractivity contribution in [2.24, 2.45) is 0 Å². The minimum absolute atomic E-state index is 0.0505. The zero-order chi connectivity index (χ0) is 17.5. The number of benzene rings is 2. The van der Waals surface area contributed by atoms with E-state index in [0.717, 1.165) is 10.6 Å². The molecular formula is C17H17FN2O4. The average Bonchev–Trinajstić information content (AvgIpc) is 2.65. The molecule has 0 saturated heterocycles. The number of nitrogens with zero attached hydrogens (tertiary/aromatic N) is 2. The van der Waals surface area contributed by atoms with Gasteiger partial charge in [0.15, 0.2) is 0 Å². The lowest BCUT2D eigenvalue weighted by molar-refractivity contribution is -0.0756. The minimum Gasteiger partial charge on any atom is -0.443 e. The molecule has 0 radical (unpaired) electrons. The third-order valence-electron chi connectivity index (χ3n) is 3.25. The number of carbonyl (C=O) groups excluding carboxylic acids is 2. The highest BCUT2D eigenvalue weighted by molar-refractivity contribution is 5.95. The van der Waals surface area contributed by atoms with Gasteiger partial charge in [-0.15, -0.1) is 5.12 Å². The summed E-state index contributed by atoms with van der Waals surface area (Å²) in [5.74, 6) is -0.467. The van der Waals surface area contributed by atoms with E-state index in [-0.39, 0.29) is 23.0 Å². The quantitative estimate of drug-likeness (QED) is 0.622. The molecule has 126 valence electrons. The Hall–Kier alpha value is -2.93. The zero-order valence-electron chi connectivity index (χ0n) is 13.3. The molecule has 2 rings (SSSR count). The van der Waals surface area contributed by atoms with Crippen molar-refractivity contribution in [3.8, 4) is 0 Å². The van der Waals surface area contributed by atoms with E-state index in [1.54, 1.807) is 24.3 Å². The van der Waals surface area contributed by atoms with Crippen molar-refractivity contribution in [2.45, 2.75) is 6.61 Å². The highest BCUT2D eigenvalue weighted by Gasteiger charge is 2.19. The average molecular weight is 332 g/mol. The van der Waals surface area contributed by atoms with Gasteiger partial charge in [0.2, 0.25) is 0 Å². The van der Waals surface area contributed by atoms with E-state index < -0.39 is 12.0 Å². The number of hydrogen-bond acceptors (Lipinski definition) is 4. The van der Waals surface area contributed by atoms with Crippen molar-refractivity contribution in [3.63, 3.8) is 0 Å². The van der Waals surface area contributed by atoms with E-state index in [1.165, 1.54) is 38.4 Å². The summed E-state index contributed by atoms with van der Waals surface area (Å²) in [6.45, 7) is -0.0505. The zero-order valence-corrected chi connectivity index (χ0v) is 13.3. The Kier molecular flexibility index (Phi) is 5.86. The number of rotatable bonds is 5. The first-order valence-corrected chi connectivity index (χ1v) is 7.11. The largest absolute Gasteiger partial charge is 0.443 e. The predicted molar refractivity (Wildman–Crippen MR) is 85.8 cm³/mol. The Morgan fingerprint density at radius 3 is 2.46 bits per heavy atom. The normalized spacial score (nSPS) is 10.1. The van der Waals surface area contributed by atoms with Gasteiger partial charge in [-0.2, -0.15) is 0 Å². The standard InChI is InChI=1S/C17H17FN2O4/c1-19(23-2)16(21)14-9-6-10-15(11-14)20(18)17(22)24-12-13-7-4-3-5-8-13/h3-11H,12H2,1-2H3. The van der Waals surface area contributed by atoms with Crippen molar-refractivity contribution in [2.75, 3.05) is 19.3 Å². The Bertz CT molecular complexity index is 709. The molecule has 0 atom stereocenters. The summed E-state index contributed by atoms with van der Waals surface area (Å²) in [5, 5.41) is 0.849. The van der Waals surface area contributed by atoms with Gasteiger partial charge < -0.3 is 4.74 Å². The van der Waals surface area contributed by atoms with Crippen LogP contribution in [0.25, 0.3) is 0 Å². The fourth-order valence-corrected chi connectivity index (χ4v) is 1.91. The molecule has 2 aromatic carbocycles. The second-order valence-electron chi connectivity index (χ2n) is 4.86. The molecule has 0 unspecified atom stereocenters. The molecule has 0 spiro atoms. The third-order valence-corrected chi connectivity index (χ3v) is 3.25. The van der Waals surface area contributed by atoms with Gasteiger partial charge in [-0.1, -0.05) is 40.9 Å². The van der Waals surface area contributed by atoms with Crippen molar-refractivity contribution in [1.82, 2.24) is 5.06 Å². The number of hydrogen-bond donors (Lipinski definition) is 0. The molecule has 0 saturated carbocycles. The molecule has 6 nitrogen and oxygen atoms in total. The van der Waals surface area contributed by atoms with Crippen LogP contribution in [0.3, 0.4) is 0 Å². The number of amides is 2. The third kappa shape index (κ3) is 4.30. The van der Waals surface area contributed by atoms with Gasteiger partial charge in [-0.25, -0.2) is 9.86 Å². The first kappa shape index (κ1) is 17.4. The van der Waals surface area contributed by atoms with Crippen LogP contribution in [0.5, 0.6) is 0 Å². The summed E-state index contributed by atoms with van der Waals surface area (Å²) in [6.07, 6.45) is -1.16. The van der Waals surface area contributed by atoms with Gasteiger partial charge in [-0.3, -0.25) is 9.63 Å². The number of carbonyl (C=O) groups is 2. The highest BCUT2D eigenvalue weighted by atomic mass is 19.2. The van der Waals surface area contributed by atoms with E-state index in [0.29, 0.717) is 0 Å². The van der Waals surface area contributed by atoms with E-state index in [9.17, 15) is 14.1 Å². The summed E-state index contributed by atoms with van der Waals surface area (Å²) in [7, 11) is 2.76. The van der Waals surface area contributed by atoms with Gasteiger partial charge in [0.25, 0.3) is 5.91 Å². The minimum atomic E-state index is -1.16. The maximum Gasteiger partial charge on any atom is 0.443 e. The molecule has 0 aromatic heterocycles. The van der Waals surface area contributed by atoms with E-state index in [1.807, 2.05) is 6.07 Å². The second-order valence-corrected chi connectivity index (χ2v) is 4.86. The molecule has 2 amide bonds. The Morgan fingerprint density at radius 2 is 1.79 bits per heavy atom. The summed E-state index contributed by atoms with van der Waals surface area (Å²) in [5.41, 5.74) is 0.809. The molecule has 0 heterocycles. The lowest BCUT2D eigenvalue weighted by Crippen LogP contribution is -2.26. The van der Waals surface area contributed by atoms with Crippen LogP contribution in [-0.2, 0) is 16.2 Å². The van der Waals surface area contributed by atoms with Crippen LogP contribution in [0.1, 0.15) is 15.9 Å². The summed E-state index contributed by atoms with van der Waals surface area (Å²) in [4.78, 5) is 28.6. The van der Waals surface area contributed by atoms with Gasteiger partial charge in [0.1, 0.15) is 6.61 Å². The van der Waals surface area contributed by atoms with Crippen LogP contribution >= 0.6 is 0 Å². The number of ether oxygens (including phenoxy) is 1. The summed E-state index contributed by atoms with van der Waals surface area (Å²) >= 11 is 0. The first-order valence-electron chi connectivity index (χ1n) is 7.11. The Labute approximate surface area is 138 Å². The highest BCUT2D eigenvalue weighted by Crippen LogP contribution is 2.19. The van der Waals surface area contributed by atoms with Crippen molar-refractivity contribution >= 4 is 17.7 Å². The molecule has 0 aliphatic heterocycles. The van der Waals surface area contributed by atoms with Crippen LogP contribution in [0.4, 0.5) is 15.0 Å². The maximum absolute atomic E-state index is 14.2. The molecule has 0 N–H and O–H groups in total. The number of hydroxylamine groups is 2. The van der Waals surface area contributed by atoms with E-state index in [2.05, 4.69) is 0 Å². The smallest absolute Gasteiger partial charge is 0.443 e. The fraction of sp³-hybridized carbons (Fsp3) is 0.176. The first-order chi connectivity index (χ1) is 11.5. The molecule has 0 aliphatic rings. The van der Waals surface area contributed by atoms with E-state index in [4.69, 9.17) is 9.57 Å². The van der Waals surface area contributed by atoms with Gasteiger partial charge in [0.05, 0.1) is 12.8 Å². The number of halogens is 1. The molecule has 2 aromatic rings. The van der Waals surface area contributed by atoms with Gasteiger partial charge in [0, 0.05) is 12.6 Å². The Balaban J connectivity index is 2.04. The molecular weight excluding hydrogens is 315 g/mol. The predicted octanol–water partition coefficient (Wildman–Crippen LogP) is 3.35. The van der Waals surface area contributed by atoms with E-state index >= 15 is 0 Å². The molecule has 0 aliphatic carbocycles. The molecule has 0 bridgehead atoms. The van der Waals surface area contributed by atoms with Crippen LogP contribution in [0.2, 0.25) is 0 Å². The molecule has 24 heavy (non-hydrogen) atoms. The topological polar surface area (TPSA) is 59.1 Å². The van der Waals surface area contributed by atoms with Crippen LogP contribution < -0.4 is 5.12 Å². The van der Waals surface area contributed by atoms with Crippen molar-refractivity contribution in [3.05, 3.63) is 65.7 Å². The SMILES string of the molecule is CON(C)C(=O)c1cccc(N(F)C(=O)OCc2ccccc2)c1. The summed E-state index contributed by atoms with van der Waals surface area (Å²) in [6, 6.07) is 14.5. The number of anilines is 1. The van der Waals surface area contributed by atoms with Gasteiger partial charge >= 0.3 is 6.09 Å². The Morgan fingerprint density at radius 1 is 1.08 bits per heavy atom.